The molecule has 0 N–H and O–H groups in total. The number of aldehydes is 1. The number of carbonyl (C=O) groups excluding carboxylic acids is 1. The van der Waals surface area contributed by atoms with Crippen LogP contribution in [0.15, 0.2) is 40.8 Å². The molecule has 3 rings (SSSR count). The molecule has 0 aliphatic carbocycles. The number of benzene rings is 2. The number of methoxy groups -OCH3 is 1. The molecule has 1 aromatic heterocycles. The molecule has 0 aliphatic heterocycles. The van der Waals surface area contributed by atoms with E-state index in [1.54, 1.807) is 19.2 Å². The van der Waals surface area contributed by atoms with Gasteiger partial charge in [-0.3, -0.25) is 4.79 Å². The minimum Gasteiger partial charge on any atom is -0.538 e. The fourth-order valence-corrected chi connectivity index (χ4v) is 4.48. The van der Waals surface area contributed by atoms with Gasteiger partial charge in [-0.25, -0.2) is 0 Å². The zero-order valence-electron chi connectivity index (χ0n) is 22.2. The van der Waals surface area contributed by atoms with Gasteiger partial charge in [0.05, 0.1) is 7.11 Å². The van der Waals surface area contributed by atoms with Crippen LogP contribution < -0.4 is 13.6 Å². The molecule has 0 amide bonds. The van der Waals surface area contributed by atoms with Crippen molar-refractivity contribution in [1.82, 2.24) is 0 Å². The van der Waals surface area contributed by atoms with Crippen LogP contribution in [-0.4, -0.2) is 32.9 Å². The van der Waals surface area contributed by atoms with E-state index in [-0.39, 0.29) is 19.8 Å². The minimum absolute atomic E-state index is 0.0325. The van der Waals surface area contributed by atoms with E-state index >= 15 is 0 Å². The van der Waals surface area contributed by atoms with Gasteiger partial charge in [0.1, 0.15) is 23.5 Å². The van der Waals surface area contributed by atoms with Gasteiger partial charge >= 0.3 is 19.5 Å². The van der Waals surface area contributed by atoms with Crippen molar-refractivity contribution in [3.8, 4) is 28.6 Å². The molecule has 4 radical (unpaired) electrons. The second kappa shape index (κ2) is 10.6. The van der Waals surface area contributed by atoms with Crippen LogP contribution in [0.2, 0.25) is 10.1 Å². The van der Waals surface area contributed by atoms with Crippen LogP contribution in [0.25, 0.3) is 22.3 Å². The van der Waals surface area contributed by atoms with Crippen molar-refractivity contribution < 1.29 is 22.8 Å². The molecule has 0 bridgehead atoms. The highest BCUT2D eigenvalue weighted by atomic mass is 28.2. The van der Waals surface area contributed by atoms with Crippen LogP contribution in [0.4, 0.5) is 0 Å². The average molecular weight is 509 g/mol. The summed E-state index contributed by atoms with van der Waals surface area (Å²) in [5.74, 6) is 3.63. The van der Waals surface area contributed by atoms with Gasteiger partial charge in [-0.2, -0.15) is 0 Å². The van der Waals surface area contributed by atoms with Crippen molar-refractivity contribution in [2.75, 3.05) is 7.11 Å². The Morgan fingerprint density at radius 2 is 1.43 bits per heavy atom. The summed E-state index contributed by atoms with van der Waals surface area (Å²) in [6.45, 7) is 17.8. The monoisotopic (exact) mass is 508 g/mol. The summed E-state index contributed by atoms with van der Waals surface area (Å²) >= 11 is 0. The molecule has 0 aliphatic rings. The van der Waals surface area contributed by atoms with E-state index < -0.39 is 0 Å². The van der Waals surface area contributed by atoms with Crippen molar-refractivity contribution in [2.24, 2.45) is 11.8 Å². The molecule has 0 atom stereocenters. The van der Waals surface area contributed by atoms with Gasteiger partial charge in [0.15, 0.2) is 11.3 Å². The Morgan fingerprint density at radius 3 is 1.97 bits per heavy atom. The molecular formula is C28H36O5Si2. The van der Waals surface area contributed by atoms with Crippen LogP contribution in [0.3, 0.4) is 0 Å². The Labute approximate surface area is 214 Å². The first-order valence-corrected chi connectivity index (χ1v) is 13.8. The number of fused-ring (bicyclic) bond motifs is 1. The normalized spacial score (nSPS) is 12.4. The summed E-state index contributed by atoms with van der Waals surface area (Å²) < 4.78 is 24.3. The molecule has 1 heterocycles. The quantitative estimate of drug-likeness (QED) is 0.197. The Kier molecular flexibility index (Phi) is 8.22. The van der Waals surface area contributed by atoms with Crippen molar-refractivity contribution in [3.05, 3.63) is 42.0 Å². The summed E-state index contributed by atoms with van der Waals surface area (Å²) in [5, 5.41) is 0.901. The maximum atomic E-state index is 11.3. The summed E-state index contributed by atoms with van der Waals surface area (Å²) in [7, 11) is 2.15. The summed E-state index contributed by atoms with van der Waals surface area (Å²) in [6.07, 6.45) is 0.809. The average Bonchev–Trinajstić information content (AvgIpc) is 3.25. The second-order valence-corrected chi connectivity index (χ2v) is 14.1. The van der Waals surface area contributed by atoms with Gasteiger partial charge in [0.2, 0.25) is 0 Å². The predicted octanol–water partition coefficient (Wildman–Crippen LogP) is 7.63. The van der Waals surface area contributed by atoms with Gasteiger partial charge in [0.25, 0.3) is 0 Å². The number of hydrogen-bond acceptors (Lipinski definition) is 5. The molecule has 0 fully saturated rings. The number of furan rings is 1. The lowest BCUT2D eigenvalue weighted by Gasteiger charge is -2.29. The Morgan fingerprint density at radius 1 is 0.829 bits per heavy atom. The van der Waals surface area contributed by atoms with Crippen molar-refractivity contribution >= 4 is 36.8 Å². The van der Waals surface area contributed by atoms with E-state index in [4.69, 9.17) is 18.0 Å². The third-order valence-corrected chi connectivity index (χ3v) is 9.77. The standard InChI is InChI=1S/C28H36O5Si2/c1-17(2)27(5,6)34-32-22-11-10-20(14-24(22)33-35-28(7,8)18(3)4)23-15-21-12-19(16-29)13-25(30-9)26(21)31-23/h10-18H,1-9H3. The van der Waals surface area contributed by atoms with Crippen LogP contribution in [0.5, 0.6) is 17.2 Å². The number of rotatable bonds is 11. The molecule has 186 valence electrons. The molecule has 7 heteroatoms. The van der Waals surface area contributed by atoms with Crippen LogP contribution in [-0.2, 0) is 0 Å². The Balaban J connectivity index is 2.00. The maximum absolute atomic E-state index is 11.3. The highest BCUT2D eigenvalue weighted by Gasteiger charge is 2.29. The SMILES string of the molecule is COc1cc(C=O)cc2cc(-c3ccc(O[Si]C(C)(C)C(C)C)c(O[Si]C(C)(C)C(C)C)c3)oc12. The van der Waals surface area contributed by atoms with Gasteiger partial charge in [-0.05, 0) is 58.3 Å². The van der Waals surface area contributed by atoms with Gasteiger partial charge in [-0.1, -0.05) is 55.4 Å². The zero-order valence-corrected chi connectivity index (χ0v) is 24.2. The zero-order chi connectivity index (χ0) is 26.0. The predicted molar refractivity (Wildman–Crippen MR) is 144 cm³/mol. The molecule has 0 saturated carbocycles. The molecule has 5 nitrogen and oxygen atoms in total. The molecular weight excluding hydrogens is 472 g/mol. The fourth-order valence-electron chi connectivity index (χ4n) is 2.94. The summed E-state index contributed by atoms with van der Waals surface area (Å²) in [6, 6.07) is 11.3. The Bertz CT molecular complexity index is 1180. The van der Waals surface area contributed by atoms with E-state index in [1.807, 2.05) is 24.3 Å². The van der Waals surface area contributed by atoms with Crippen LogP contribution >= 0.6 is 0 Å². The van der Waals surface area contributed by atoms with E-state index in [1.165, 1.54) is 0 Å². The largest absolute Gasteiger partial charge is 0.538 e. The lowest BCUT2D eigenvalue weighted by Crippen LogP contribution is -2.26. The molecule has 0 unspecified atom stereocenters. The van der Waals surface area contributed by atoms with Gasteiger partial charge < -0.3 is 18.0 Å². The van der Waals surface area contributed by atoms with E-state index in [2.05, 4.69) is 55.4 Å². The van der Waals surface area contributed by atoms with Crippen molar-refractivity contribution in [3.63, 3.8) is 0 Å². The summed E-state index contributed by atoms with van der Waals surface area (Å²) in [5.41, 5.74) is 2.02. The highest BCUT2D eigenvalue weighted by Crippen LogP contribution is 2.41. The third kappa shape index (κ3) is 6.19. The lowest BCUT2D eigenvalue weighted by atomic mass is 9.99. The Hall–Kier alpha value is -2.52. The van der Waals surface area contributed by atoms with Gasteiger partial charge in [-0.15, -0.1) is 0 Å². The van der Waals surface area contributed by atoms with E-state index in [0.717, 1.165) is 23.0 Å². The first-order valence-electron chi connectivity index (χ1n) is 12.0. The third-order valence-electron chi connectivity index (χ3n) is 6.92. The summed E-state index contributed by atoms with van der Waals surface area (Å²) in [4.78, 5) is 11.3. The number of ether oxygens (including phenoxy) is 1. The fraction of sp³-hybridized carbons (Fsp3) is 0.464. The smallest absolute Gasteiger partial charge is 0.317 e. The maximum Gasteiger partial charge on any atom is 0.317 e. The van der Waals surface area contributed by atoms with E-state index in [9.17, 15) is 4.79 Å². The van der Waals surface area contributed by atoms with Crippen LogP contribution in [0.1, 0.15) is 65.7 Å². The van der Waals surface area contributed by atoms with Crippen LogP contribution in [0, 0.1) is 11.8 Å². The second-order valence-electron chi connectivity index (χ2n) is 10.7. The van der Waals surface area contributed by atoms with Gasteiger partial charge in [0, 0.05) is 16.5 Å². The van der Waals surface area contributed by atoms with E-state index in [0.29, 0.717) is 50.0 Å². The molecule has 0 spiro atoms. The van der Waals surface area contributed by atoms with Crippen molar-refractivity contribution in [2.45, 2.75) is 65.5 Å². The molecule has 0 saturated heterocycles. The minimum atomic E-state index is 0.0325. The topological polar surface area (TPSA) is 57.9 Å². The number of hydrogen-bond donors (Lipinski definition) is 0. The number of carbonyl (C=O) groups is 1. The van der Waals surface area contributed by atoms with Crippen molar-refractivity contribution in [1.29, 1.82) is 0 Å². The molecule has 2 aromatic carbocycles. The lowest BCUT2D eigenvalue weighted by molar-refractivity contribution is 0.112. The molecule has 35 heavy (non-hydrogen) atoms. The molecule has 3 aromatic rings. The highest BCUT2D eigenvalue weighted by molar-refractivity contribution is 6.34. The first kappa shape index (κ1) is 27.1. The first-order chi connectivity index (χ1) is 16.4.